The van der Waals surface area contributed by atoms with E-state index < -0.39 is 0 Å². The van der Waals surface area contributed by atoms with Gasteiger partial charge in [-0.15, -0.1) is 0 Å². The van der Waals surface area contributed by atoms with E-state index in [9.17, 15) is 10.1 Å². The largest absolute Gasteiger partial charge is 0.299 e. The second-order valence-electron chi connectivity index (χ2n) is 11.2. The first kappa shape index (κ1) is 25.7. The number of rotatable bonds is 9. The highest BCUT2D eigenvalue weighted by atomic mass is 16.1. The molecule has 0 heterocycles. The minimum Gasteiger partial charge on any atom is -0.299 e. The molecule has 0 radical (unpaired) electrons. The van der Waals surface area contributed by atoms with Crippen LogP contribution in [0.2, 0.25) is 0 Å². The third-order valence-corrected chi connectivity index (χ3v) is 9.02. The van der Waals surface area contributed by atoms with Crippen LogP contribution in [0.4, 0.5) is 0 Å². The number of carbonyl (C=O) groups is 1. The van der Waals surface area contributed by atoms with E-state index in [2.05, 4.69) is 68.4 Å². The molecule has 2 aromatic rings. The van der Waals surface area contributed by atoms with Crippen molar-refractivity contribution in [3.05, 3.63) is 59.7 Å². The minimum atomic E-state index is -0.290. The molecule has 0 unspecified atom stereocenters. The predicted octanol–water partition coefficient (Wildman–Crippen LogP) is 9.04. The first-order valence-corrected chi connectivity index (χ1v) is 14.2. The fraction of sp³-hybridized carbons (Fsp3) is 0.576. The molecule has 2 nitrogen and oxygen atoms in total. The Labute approximate surface area is 213 Å². The van der Waals surface area contributed by atoms with Crippen LogP contribution >= 0.6 is 0 Å². The summed E-state index contributed by atoms with van der Waals surface area (Å²) in [4.78, 5) is 12.7. The summed E-state index contributed by atoms with van der Waals surface area (Å²) in [6.07, 6.45) is 13.8. The van der Waals surface area contributed by atoms with Crippen molar-refractivity contribution in [2.45, 2.75) is 103 Å². The van der Waals surface area contributed by atoms with Crippen LogP contribution < -0.4 is 0 Å². The summed E-state index contributed by atoms with van der Waals surface area (Å²) < 4.78 is 0. The van der Waals surface area contributed by atoms with Crippen LogP contribution in [0.1, 0.15) is 108 Å². The monoisotopic (exact) mass is 469 g/mol. The van der Waals surface area contributed by atoms with Gasteiger partial charge in [0.05, 0.1) is 11.5 Å². The normalized spacial score (nSPS) is 26.9. The number of nitriles is 1. The van der Waals surface area contributed by atoms with Gasteiger partial charge < -0.3 is 0 Å². The number of nitrogens with zero attached hydrogens (tertiary/aromatic N) is 1. The molecule has 0 saturated heterocycles. The zero-order valence-electron chi connectivity index (χ0n) is 21.9. The zero-order valence-corrected chi connectivity index (χ0v) is 21.9. The van der Waals surface area contributed by atoms with Gasteiger partial charge in [0.2, 0.25) is 0 Å². The third kappa shape index (κ3) is 6.06. The van der Waals surface area contributed by atoms with Crippen LogP contribution in [0.15, 0.2) is 48.5 Å². The maximum atomic E-state index is 12.7. The van der Waals surface area contributed by atoms with E-state index >= 15 is 0 Å². The van der Waals surface area contributed by atoms with Gasteiger partial charge in [0.15, 0.2) is 0 Å². The summed E-state index contributed by atoms with van der Waals surface area (Å²) in [5.41, 5.74) is 5.11. The highest BCUT2D eigenvalue weighted by molar-refractivity contribution is 5.82. The van der Waals surface area contributed by atoms with Crippen molar-refractivity contribution in [2.75, 3.05) is 0 Å². The van der Waals surface area contributed by atoms with Crippen molar-refractivity contribution in [3.8, 4) is 17.2 Å². The van der Waals surface area contributed by atoms with Crippen molar-refractivity contribution in [2.24, 2.45) is 17.3 Å². The van der Waals surface area contributed by atoms with Crippen LogP contribution in [0.25, 0.3) is 11.1 Å². The van der Waals surface area contributed by atoms with Gasteiger partial charge in [0, 0.05) is 12.3 Å². The lowest BCUT2D eigenvalue weighted by Crippen LogP contribution is -2.38. The maximum Gasteiger partial charge on any atom is 0.136 e. The van der Waals surface area contributed by atoms with Gasteiger partial charge >= 0.3 is 0 Å². The first-order chi connectivity index (χ1) is 17.1. The molecule has 2 aliphatic rings. The fourth-order valence-electron chi connectivity index (χ4n) is 6.67. The smallest absolute Gasteiger partial charge is 0.136 e. The maximum absolute atomic E-state index is 12.7. The number of benzene rings is 2. The van der Waals surface area contributed by atoms with Crippen molar-refractivity contribution < 1.29 is 4.79 Å². The van der Waals surface area contributed by atoms with E-state index in [1.807, 2.05) is 0 Å². The summed E-state index contributed by atoms with van der Waals surface area (Å²) in [7, 11) is 0. The average molecular weight is 470 g/mol. The van der Waals surface area contributed by atoms with Gasteiger partial charge in [0.25, 0.3) is 0 Å². The second-order valence-corrected chi connectivity index (χ2v) is 11.2. The predicted molar refractivity (Wildman–Crippen MR) is 145 cm³/mol. The molecule has 0 aliphatic heterocycles. The van der Waals surface area contributed by atoms with Crippen LogP contribution in [0, 0.1) is 28.6 Å². The Morgan fingerprint density at radius 3 is 2.09 bits per heavy atom. The lowest BCUT2D eigenvalue weighted by atomic mass is 9.59. The Balaban J connectivity index is 1.34. The molecule has 2 heteroatoms. The highest BCUT2D eigenvalue weighted by Gasteiger charge is 2.45. The van der Waals surface area contributed by atoms with Crippen LogP contribution in [0.3, 0.4) is 0 Å². The zero-order chi connectivity index (χ0) is 24.7. The second kappa shape index (κ2) is 12.0. The Morgan fingerprint density at radius 1 is 0.857 bits per heavy atom. The van der Waals surface area contributed by atoms with Crippen LogP contribution in [-0.2, 0) is 11.2 Å². The number of hydrogen-bond donors (Lipinski definition) is 0. The van der Waals surface area contributed by atoms with Gasteiger partial charge in [-0.2, -0.15) is 5.26 Å². The average Bonchev–Trinajstić information content (AvgIpc) is 2.91. The molecule has 0 N–H and O–H groups in total. The standard InChI is InChI=1S/C33H43NO/c1-3-5-6-8-25-9-11-26(12-10-25)27-13-15-28(16-14-27)29-19-21-33(24-34,22-20-29)31-18-17-30(7-4-2)32(35)23-31/h9-16,29-31H,3-8,17-23H2,1-2H3/t29?,30-,31-,33?/m1/s1. The number of aryl methyl sites for hydroxylation is 1. The number of unbranched alkanes of at least 4 members (excludes halogenated alkanes) is 2. The summed E-state index contributed by atoms with van der Waals surface area (Å²) in [5.74, 6) is 1.46. The van der Waals surface area contributed by atoms with Gasteiger partial charge in [-0.1, -0.05) is 81.6 Å². The third-order valence-electron chi connectivity index (χ3n) is 9.02. The molecule has 35 heavy (non-hydrogen) atoms. The first-order valence-electron chi connectivity index (χ1n) is 14.2. The van der Waals surface area contributed by atoms with E-state index in [-0.39, 0.29) is 17.3 Å². The molecule has 0 spiro atoms. The molecule has 2 aromatic carbocycles. The topological polar surface area (TPSA) is 40.9 Å². The van der Waals surface area contributed by atoms with Crippen LogP contribution in [-0.4, -0.2) is 5.78 Å². The van der Waals surface area contributed by atoms with E-state index in [0.717, 1.165) is 51.4 Å². The van der Waals surface area contributed by atoms with Crippen molar-refractivity contribution in [1.29, 1.82) is 5.26 Å². The van der Waals surface area contributed by atoms with E-state index in [0.29, 0.717) is 18.1 Å². The van der Waals surface area contributed by atoms with Gasteiger partial charge in [-0.3, -0.25) is 4.79 Å². The number of hydrogen-bond acceptors (Lipinski definition) is 2. The van der Waals surface area contributed by atoms with Gasteiger partial charge in [0.1, 0.15) is 5.78 Å². The summed E-state index contributed by atoms with van der Waals surface area (Å²) in [6, 6.07) is 20.9. The molecule has 4 rings (SSSR count). The lowest BCUT2D eigenvalue weighted by molar-refractivity contribution is -0.128. The molecule has 186 valence electrons. The quantitative estimate of drug-likeness (QED) is 0.344. The Kier molecular flexibility index (Phi) is 8.83. The Morgan fingerprint density at radius 2 is 1.51 bits per heavy atom. The molecule has 2 aliphatic carbocycles. The fourth-order valence-corrected chi connectivity index (χ4v) is 6.67. The Hall–Kier alpha value is -2.40. The lowest BCUT2D eigenvalue weighted by Gasteiger charge is -2.43. The number of Topliss-reactive ketones (excluding diaryl/α,β-unsaturated/α-hetero) is 1. The summed E-state index contributed by atoms with van der Waals surface area (Å²) >= 11 is 0. The molecule has 2 fully saturated rings. The number of ketones is 1. The van der Waals surface area contributed by atoms with Crippen molar-refractivity contribution in [1.82, 2.24) is 0 Å². The van der Waals surface area contributed by atoms with Gasteiger partial charge in [-0.25, -0.2) is 0 Å². The molecular formula is C33H43NO. The van der Waals surface area contributed by atoms with Crippen LogP contribution in [0.5, 0.6) is 0 Å². The SMILES string of the molecule is CCCCCc1ccc(-c2ccc(C3CCC(C#N)([C@@H]4CC[C@@H](CCC)C(=O)C4)CC3)cc2)cc1. The molecule has 0 bridgehead atoms. The van der Waals surface area contributed by atoms with Gasteiger partial charge in [-0.05, 0) is 91.9 Å². The molecule has 2 atom stereocenters. The van der Waals surface area contributed by atoms with E-state index in [1.54, 1.807) is 0 Å². The molecule has 0 aromatic heterocycles. The highest BCUT2D eigenvalue weighted by Crippen LogP contribution is 2.51. The minimum absolute atomic E-state index is 0.249. The van der Waals surface area contributed by atoms with E-state index in [4.69, 9.17) is 0 Å². The Bertz CT molecular complexity index is 989. The summed E-state index contributed by atoms with van der Waals surface area (Å²) in [6.45, 7) is 4.41. The van der Waals surface area contributed by atoms with E-state index in [1.165, 1.54) is 47.9 Å². The van der Waals surface area contributed by atoms with Crippen molar-refractivity contribution in [3.63, 3.8) is 0 Å². The molecule has 0 amide bonds. The molecular weight excluding hydrogens is 426 g/mol. The molecule has 2 saturated carbocycles. The summed E-state index contributed by atoms with van der Waals surface area (Å²) in [5, 5.41) is 10.2. The van der Waals surface area contributed by atoms with Crippen molar-refractivity contribution >= 4 is 5.78 Å². The number of carbonyl (C=O) groups excluding carboxylic acids is 1.